The number of aromatic amines is 1. The Morgan fingerprint density at radius 3 is 2.69 bits per heavy atom. The highest BCUT2D eigenvalue weighted by Crippen LogP contribution is 2.33. The second kappa shape index (κ2) is 10.5. The summed E-state index contributed by atoms with van der Waals surface area (Å²) >= 11 is 0. The Morgan fingerprint density at radius 2 is 1.90 bits per heavy atom. The molecule has 39 heavy (non-hydrogen) atoms. The molecule has 1 unspecified atom stereocenters. The summed E-state index contributed by atoms with van der Waals surface area (Å²) in [5.41, 5.74) is 0.211. The van der Waals surface area contributed by atoms with Crippen LogP contribution in [-0.4, -0.2) is 75.7 Å². The molecule has 10 heteroatoms. The summed E-state index contributed by atoms with van der Waals surface area (Å²) in [6.07, 6.45) is 15.9. The van der Waals surface area contributed by atoms with Gasteiger partial charge in [-0.3, -0.25) is 9.36 Å². The van der Waals surface area contributed by atoms with Gasteiger partial charge in [-0.2, -0.15) is 0 Å². The standard InChI is InChI=1S/C29H34FN5O4/c30-21-8-9-23-25(16-21)35(28(38)31-23)22-10-14-33(15-11-22)27(37)32-24-18-39-29(12-4-2-1-3-5-13-29)19-34(26(24)36)17-20-6-7-20/h1-5,8-9,12,16,20,22,24H,6-7,10-11,13-15,17-19H2,(H,31,38)(H,32,37)/b2-1-,5-3-,12-4+/t24-,29?/m1/s1. The first-order valence-electron chi connectivity index (χ1n) is 13.8. The fourth-order valence-corrected chi connectivity index (χ4v) is 5.88. The van der Waals surface area contributed by atoms with Crippen molar-refractivity contribution in [2.45, 2.75) is 49.8 Å². The summed E-state index contributed by atoms with van der Waals surface area (Å²) in [5, 5.41) is 2.94. The molecule has 2 saturated heterocycles. The maximum absolute atomic E-state index is 13.9. The molecule has 1 spiro atoms. The van der Waals surface area contributed by atoms with E-state index >= 15 is 0 Å². The van der Waals surface area contributed by atoms with Gasteiger partial charge in [0.15, 0.2) is 0 Å². The first-order chi connectivity index (χ1) is 18.9. The number of piperidine rings is 1. The first-order valence-corrected chi connectivity index (χ1v) is 13.8. The molecule has 1 saturated carbocycles. The second-order valence-corrected chi connectivity index (χ2v) is 11.1. The van der Waals surface area contributed by atoms with E-state index in [1.165, 1.54) is 12.1 Å². The second-order valence-electron chi connectivity index (χ2n) is 11.1. The van der Waals surface area contributed by atoms with Crippen LogP contribution in [0.5, 0.6) is 0 Å². The Bertz CT molecular complexity index is 1400. The molecular formula is C29H34FN5O4. The number of H-pyrrole nitrogens is 1. The van der Waals surface area contributed by atoms with Crippen LogP contribution in [0.3, 0.4) is 0 Å². The lowest BCUT2D eigenvalue weighted by Gasteiger charge is -2.34. The summed E-state index contributed by atoms with van der Waals surface area (Å²) in [4.78, 5) is 45.8. The van der Waals surface area contributed by atoms with Gasteiger partial charge < -0.3 is 24.8 Å². The molecule has 1 aromatic carbocycles. The highest BCUT2D eigenvalue weighted by molar-refractivity contribution is 5.87. The molecule has 9 nitrogen and oxygen atoms in total. The highest BCUT2D eigenvalue weighted by atomic mass is 19.1. The van der Waals surface area contributed by atoms with Crippen molar-refractivity contribution in [3.8, 4) is 0 Å². The quantitative estimate of drug-likeness (QED) is 0.628. The number of imidazole rings is 1. The van der Waals surface area contributed by atoms with Gasteiger partial charge in [-0.1, -0.05) is 36.5 Å². The number of benzene rings is 1. The zero-order chi connectivity index (χ0) is 27.0. The monoisotopic (exact) mass is 535 g/mol. The average molecular weight is 536 g/mol. The molecular weight excluding hydrogens is 501 g/mol. The van der Waals surface area contributed by atoms with E-state index in [4.69, 9.17) is 4.74 Å². The van der Waals surface area contributed by atoms with E-state index in [-0.39, 0.29) is 30.3 Å². The third-order valence-electron chi connectivity index (χ3n) is 8.21. The van der Waals surface area contributed by atoms with Crippen molar-refractivity contribution in [2.24, 2.45) is 5.92 Å². The molecule has 0 bridgehead atoms. The minimum Gasteiger partial charge on any atom is -0.366 e. The van der Waals surface area contributed by atoms with Gasteiger partial charge in [-0.05, 0) is 49.8 Å². The van der Waals surface area contributed by atoms with Crippen molar-refractivity contribution >= 4 is 23.0 Å². The number of hydrogen-bond acceptors (Lipinski definition) is 4. The van der Waals surface area contributed by atoms with Crippen LogP contribution in [0, 0.1) is 11.7 Å². The number of nitrogens with zero attached hydrogens (tertiary/aromatic N) is 3. The number of rotatable bonds is 4. The Hall–Kier alpha value is -3.66. The van der Waals surface area contributed by atoms with Gasteiger partial charge in [-0.25, -0.2) is 14.0 Å². The van der Waals surface area contributed by atoms with E-state index < -0.39 is 17.5 Å². The van der Waals surface area contributed by atoms with Crippen LogP contribution >= 0.6 is 0 Å². The van der Waals surface area contributed by atoms with E-state index in [1.807, 2.05) is 35.3 Å². The summed E-state index contributed by atoms with van der Waals surface area (Å²) < 4.78 is 21.8. The molecule has 3 heterocycles. The fourth-order valence-electron chi connectivity index (χ4n) is 5.88. The number of hydrogen-bond donors (Lipinski definition) is 2. The van der Waals surface area contributed by atoms with Gasteiger partial charge in [0.05, 0.1) is 24.2 Å². The number of aromatic nitrogens is 2. The van der Waals surface area contributed by atoms with Gasteiger partial charge in [0.1, 0.15) is 17.5 Å². The average Bonchev–Trinajstić information content (AvgIpc) is 3.69. The zero-order valence-electron chi connectivity index (χ0n) is 21.9. The van der Waals surface area contributed by atoms with Crippen LogP contribution in [0.25, 0.3) is 11.0 Å². The third kappa shape index (κ3) is 5.43. The number of halogens is 1. The predicted octanol–water partition coefficient (Wildman–Crippen LogP) is 3.26. The van der Waals surface area contributed by atoms with Crippen molar-refractivity contribution in [1.82, 2.24) is 24.7 Å². The predicted molar refractivity (Wildman–Crippen MR) is 145 cm³/mol. The van der Waals surface area contributed by atoms with Crippen molar-refractivity contribution in [2.75, 3.05) is 32.8 Å². The minimum absolute atomic E-state index is 0.0976. The molecule has 2 aliphatic carbocycles. The molecule has 3 amide bonds. The van der Waals surface area contributed by atoms with Crippen LogP contribution in [0.1, 0.15) is 38.1 Å². The van der Waals surface area contributed by atoms with Gasteiger partial charge in [0.25, 0.3) is 0 Å². The Morgan fingerprint density at radius 1 is 1.10 bits per heavy atom. The molecule has 2 aromatic rings. The van der Waals surface area contributed by atoms with Crippen molar-refractivity contribution in [3.63, 3.8) is 0 Å². The number of likely N-dealkylation sites (tertiary alicyclic amines) is 1. The number of ether oxygens (including phenoxy) is 1. The summed E-state index contributed by atoms with van der Waals surface area (Å²) in [6.45, 7) is 2.06. The van der Waals surface area contributed by atoms with Crippen LogP contribution < -0.4 is 11.0 Å². The lowest BCUT2D eigenvalue weighted by atomic mass is 9.96. The molecule has 3 fully saturated rings. The highest BCUT2D eigenvalue weighted by Gasteiger charge is 2.42. The summed E-state index contributed by atoms with van der Waals surface area (Å²) in [6, 6.07) is 3.01. The van der Waals surface area contributed by atoms with Gasteiger partial charge in [0, 0.05) is 32.1 Å². The Balaban J connectivity index is 1.13. The fraction of sp³-hybridized carbons (Fsp3) is 0.483. The minimum atomic E-state index is -0.772. The molecule has 0 radical (unpaired) electrons. The van der Waals surface area contributed by atoms with E-state index in [0.717, 1.165) is 12.8 Å². The van der Waals surface area contributed by atoms with Gasteiger partial charge >= 0.3 is 11.7 Å². The van der Waals surface area contributed by atoms with Crippen molar-refractivity contribution < 1.29 is 18.7 Å². The maximum atomic E-state index is 13.9. The van der Waals surface area contributed by atoms with E-state index in [0.29, 0.717) is 62.4 Å². The van der Waals surface area contributed by atoms with E-state index in [1.54, 1.807) is 15.5 Å². The molecule has 2 N–H and O–H groups in total. The van der Waals surface area contributed by atoms with Gasteiger partial charge in [0.2, 0.25) is 5.91 Å². The summed E-state index contributed by atoms with van der Waals surface area (Å²) in [7, 11) is 0. The number of allylic oxidation sites excluding steroid dienone is 4. The van der Waals surface area contributed by atoms with Gasteiger partial charge in [-0.15, -0.1) is 0 Å². The number of fused-ring (bicyclic) bond motifs is 1. The molecule has 206 valence electrons. The molecule has 6 rings (SSSR count). The topological polar surface area (TPSA) is 99.7 Å². The summed E-state index contributed by atoms with van der Waals surface area (Å²) in [5.74, 6) is 0.000418. The third-order valence-corrected chi connectivity index (χ3v) is 8.21. The largest absolute Gasteiger partial charge is 0.366 e. The number of carbonyl (C=O) groups is 2. The Kier molecular flexibility index (Phi) is 6.88. The number of urea groups is 1. The zero-order valence-corrected chi connectivity index (χ0v) is 21.9. The molecule has 2 aliphatic heterocycles. The lowest BCUT2D eigenvalue weighted by Crippen LogP contribution is -2.54. The first kappa shape index (κ1) is 25.6. The van der Waals surface area contributed by atoms with Crippen molar-refractivity contribution in [3.05, 3.63) is 71.0 Å². The van der Waals surface area contributed by atoms with Crippen LogP contribution in [0.4, 0.5) is 9.18 Å². The van der Waals surface area contributed by atoms with E-state index in [9.17, 15) is 18.8 Å². The molecule has 1 aromatic heterocycles. The SMILES string of the molecule is O=C(N[C@@H]1COC2(/C=C/C=C\C=C/C2)CN(CC2CC2)C1=O)N1CCC(n2c(=O)[nH]c3ccc(F)cc32)CC1. The van der Waals surface area contributed by atoms with Crippen LogP contribution in [0.2, 0.25) is 0 Å². The normalized spacial score (nSPS) is 28.6. The molecule has 4 aliphatic rings. The molecule has 2 atom stereocenters. The Labute approximate surface area is 226 Å². The van der Waals surface area contributed by atoms with Crippen LogP contribution in [-0.2, 0) is 9.53 Å². The lowest BCUT2D eigenvalue weighted by molar-refractivity contribution is -0.133. The van der Waals surface area contributed by atoms with Crippen molar-refractivity contribution in [1.29, 1.82) is 0 Å². The smallest absolute Gasteiger partial charge is 0.326 e. The number of carbonyl (C=O) groups excluding carboxylic acids is 2. The maximum Gasteiger partial charge on any atom is 0.326 e. The number of amides is 3. The van der Waals surface area contributed by atoms with E-state index in [2.05, 4.69) is 16.4 Å². The van der Waals surface area contributed by atoms with Crippen LogP contribution in [0.15, 0.2) is 59.4 Å². The number of nitrogens with one attached hydrogen (secondary N) is 2.